The molecule has 0 spiro atoms. The summed E-state index contributed by atoms with van der Waals surface area (Å²) in [6, 6.07) is 14.2. The summed E-state index contributed by atoms with van der Waals surface area (Å²) in [5.41, 5.74) is 1.47. The highest BCUT2D eigenvalue weighted by molar-refractivity contribution is 5.92. The molecule has 27 heavy (non-hydrogen) atoms. The van der Waals surface area contributed by atoms with Crippen molar-refractivity contribution >= 4 is 5.91 Å². The number of benzene rings is 1. The van der Waals surface area contributed by atoms with E-state index in [2.05, 4.69) is 34.3 Å². The van der Waals surface area contributed by atoms with Crippen LogP contribution in [0.4, 0.5) is 0 Å². The van der Waals surface area contributed by atoms with Crippen molar-refractivity contribution in [2.24, 2.45) is 13.0 Å². The number of fused-ring (bicyclic) bond motifs is 2. The van der Waals surface area contributed by atoms with Crippen LogP contribution in [0.1, 0.15) is 34.8 Å². The molecule has 0 aliphatic carbocycles. The molecule has 1 aromatic carbocycles. The van der Waals surface area contributed by atoms with Crippen LogP contribution in [0.3, 0.4) is 0 Å². The highest BCUT2D eigenvalue weighted by Crippen LogP contribution is 2.46. The number of aromatic nitrogens is 2. The van der Waals surface area contributed by atoms with Gasteiger partial charge in [0.2, 0.25) is 0 Å². The molecule has 6 heteroatoms. The Labute approximate surface area is 158 Å². The maximum atomic E-state index is 13.3. The zero-order chi connectivity index (χ0) is 18.5. The molecule has 0 unspecified atom stereocenters. The highest BCUT2D eigenvalue weighted by atomic mass is 16.2. The number of hydrogen-bond donors (Lipinski definition) is 0. The molecule has 1 amide bonds. The van der Waals surface area contributed by atoms with Crippen molar-refractivity contribution in [2.75, 3.05) is 19.6 Å². The number of piperidine rings is 3. The van der Waals surface area contributed by atoms with Gasteiger partial charge in [0.25, 0.3) is 11.5 Å². The molecule has 4 fully saturated rings. The van der Waals surface area contributed by atoms with Crippen LogP contribution in [-0.4, -0.2) is 57.2 Å². The number of hydrogen-bond acceptors (Lipinski definition) is 4. The van der Waals surface area contributed by atoms with Gasteiger partial charge < -0.3 is 4.90 Å². The Morgan fingerprint density at radius 1 is 1.04 bits per heavy atom. The summed E-state index contributed by atoms with van der Waals surface area (Å²) >= 11 is 0. The molecule has 1 aromatic heterocycles. The highest BCUT2D eigenvalue weighted by Gasteiger charge is 2.54. The summed E-state index contributed by atoms with van der Waals surface area (Å²) in [4.78, 5) is 29.6. The fourth-order valence-electron chi connectivity index (χ4n) is 5.41. The number of carbonyl (C=O) groups is 1. The molecule has 6 rings (SSSR count). The third-order valence-corrected chi connectivity index (χ3v) is 6.66. The first kappa shape index (κ1) is 16.7. The number of aryl methyl sites for hydroxylation is 1. The van der Waals surface area contributed by atoms with Gasteiger partial charge in [0.1, 0.15) is 5.69 Å². The van der Waals surface area contributed by atoms with Gasteiger partial charge in [-0.05, 0) is 43.5 Å². The first-order valence-corrected chi connectivity index (χ1v) is 9.78. The van der Waals surface area contributed by atoms with Crippen LogP contribution in [0.2, 0.25) is 0 Å². The first-order valence-electron chi connectivity index (χ1n) is 9.78. The van der Waals surface area contributed by atoms with Crippen LogP contribution in [0, 0.1) is 5.92 Å². The van der Waals surface area contributed by atoms with Gasteiger partial charge in [0.15, 0.2) is 0 Å². The lowest BCUT2D eigenvalue weighted by molar-refractivity contribution is -0.00364. The molecular formula is C21H24N4O2. The maximum absolute atomic E-state index is 13.3. The molecule has 3 atom stereocenters. The minimum absolute atomic E-state index is 0.0484. The van der Waals surface area contributed by atoms with E-state index in [-0.39, 0.29) is 17.5 Å². The summed E-state index contributed by atoms with van der Waals surface area (Å²) in [5.74, 6) is 0.841. The molecule has 4 aliphatic heterocycles. The van der Waals surface area contributed by atoms with Gasteiger partial charge in [-0.2, -0.15) is 5.10 Å². The van der Waals surface area contributed by atoms with Crippen molar-refractivity contribution in [1.29, 1.82) is 0 Å². The molecule has 0 radical (unpaired) electrons. The average molecular weight is 364 g/mol. The molecule has 6 nitrogen and oxygen atoms in total. The smallest absolute Gasteiger partial charge is 0.274 e. The molecule has 0 N–H and O–H groups in total. The lowest BCUT2D eigenvalue weighted by atomic mass is 9.75. The minimum Gasteiger partial charge on any atom is -0.332 e. The number of amides is 1. The van der Waals surface area contributed by atoms with Crippen LogP contribution in [0.25, 0.3) is 0 Å². The van der Waals surface area contributed by atoms with E-state index < -0.39 is 0 Å². The minimum atomic E-state index is -0.198. The second-order valence-corrected chi connectivity index (χ2v) is 8.01. The van der Waals surface area contributed by atoms with Crippen molar-refractivity contribution in [3.63, 3.8) is 0 Å². The van der Waals surface area contributed by atoms with Crippen molar-refractivity contribution in [3.05, 3.63) is 64.1 Å². The number of rotatable bonds is 2. The predicted octanol–water partition coefficient (Wildman–Crippen LogP) is 1.48. The molecule has 4 aliphatic rings. The zero-order valence-electron chi connectivity index (χ0n) is 15.5. The van der Waals surface area contributed by atoms with Gasteiger partial charge in [-0.3, -0.25) is 14.5 Å². The SMILES string of the molecule is Cn1nc(C(=O)N2C[C@@H](c3ccccc3)[C@@H]3[C@H]2C2CCN3CC2)ccc1=O. The fraction of sp³-hybridized carbons (Fsp3) is 0.476. The quantitative estimate of drug-likeness (QED) is 0.810. The third-order valence-electron chi connectivity index (χ3n) is 6.66. The van der Waals surface area contributed by atoms with Crippen LogP contribution >= 0.6 is 0 Å². The van der Waals surface area contributed by atoms with E-state index in [0.717, 1.165) is 32.5 Å². The van der Waals surface area contributed by atoms with Crippen molar-refractivity contribution in [3.8, 4) is 0 Å². The lowest BCUT2D eigenvalue weighted by Gasteiger charge is -2.51. The maximum Gasteiger partial charge on any atom is 0.274 e. The molecule has 0 saturated carbocycles. The number of carbonyl (C=O) groups excluding carboxylic acids is 1. The summed E-state index contributed by atoms with van der Waals surface area (Å²) < 4.78 is 1.24. The summed E-state index contributed by atoms with van der Waals surface area (Å²) in [5, 5.41) is 4.21. The van der Waals surface area contributed by atoms with Crippen LogP contribution < -0.4 is 5.56 Å². The average Bonchev–Trinajstić information content (AvgIpc) is 3.14. The Kier molecular flexibility index (Phi) is 3.90. The van der Waals surface area contributed by atoms with Crippen molar-refractivity contribution < 1.29 is 4.79 Å². The molecule has 4 saturated heterocycles. The van der Waals surface area contributed by atoms with Crippen molar-refractivity contribution in [2.45, 2.75) is 30.8 Å². The van der Waals surface area contributed by atoms with E-state index in [9.17, 15) is 9.59 Å². The van der Waals surface area contributed by atoms with Crippen LogP contribution in [-0.2, 0) is 7.05 Å². The monoisotopic (exact) mass is 364 g/mol. The number of likely N-dealkylation sites (tertiary alicyclic amines) is 1. The topological polar surface area (TPSA) is 58.4 Å². The first-order chi connectivity index (χ1) is 13.1. The standard InChI is InChI=1S/C21H24N4O2/c1-23-18(26)8-7-17(22-23)21(27)25-13-16(14-5-3-2-4-6-14)20-19(25)15-9-11-24(20)12-10-15/h2-8,15-16,19-20H,9-13H2,1H3/t16-,19+,20+/m0/s1. The Morgan fingerprint density at radius 2 is 1.78 bits per heavy atom. The largest absolute Gasteiger partial charge is 0.332 e. The molecular weight excluding hydrogens is 340 g/mol. The van der Waals surface area contributed by atoms with Gasteiger partial charge in [0, 0.05) is 31.6 Å². The third kappa shape index (κ3) is 2.62. The van der Waals surface area contributed by atoms with E-state index in [1.165, 1.54) is 16.3 Å². The van der Waals surface area contributed by atoms with Gasteiger partial charge in [-0.1, -0.05) is 30.3 Å². The van der Waals surface area contributed by atoms with Gasteiger partial charge >= 0.3 is 0 Å². The number of nitrogens with zero attached hydrogens (tertiary/aromatic N) is 4. The van der Waals surface area contributed by atoms with Crippen LogP contribution in [0.15, 0.2) is 47.3 Å². The van der Waals surface area contributed by atoms with E-state index in [4.69, 9.17) is 0 Å². The van der Waals surface area contributed by atoms with Crippen molar-refractivity contribution in [1.82, 2.24) is 19.6 Å². The Balaban J connectivity index is 1.53. The Bertz CT molecular complexity index is 917. The van der Waals surface area contributed by atoms with E-state index in [1.54, 1.807) is 13.1 Å². The van der Waals surface area contributed by atoms with E-state index in [0.29, 0.717) is 23.6 Å². The lowest BCUT2D eigenvalue weighted by Crippen LogP contribution is -2.60. The Hall–Kier alpha value is -2.47. The molecule has 2 bridgehead atoms. The second kappa shape index (κ2) is 6.30. The van der Waals surface area contributed by atoms with Gasteiger partial charge in [0.05, 0.1) is 6.04 Å². The predicted molar refractivity (Wildman–Crippen MR) is 102 cm³/mol. The molecule has 140 valence electrons. The van der Waals surface area contributed by atoms with Crippen LogP contribution in [0.5, 0.6) is 0 Å². The van der Waals surface area contributed by atoms with E-state index in [1.807, 2.05) is 11.0 Å². The van der Waals surface area contributed by atoms with E-state index >= 15 is 0 Å². The fourth-order valence-corrected chi connectivity index (χ4v) is 5.41. The van der Waals surface area contributed by atoms with Gasteiger partial charge in [-0.15, -0.1) is 0 Å². The van der Waals surface area contributed by atoms with Gasteiger partial charge in [-0.25, -0.2) is 4.68 Å². The Morgan fingerprint density at radius 3 is 2.48 bits per heavy atom. The zero-order valence-corrected chi connectivity index (χ0v) is 15.5. The molecule has 5 heterocycles. The second-order valence-electron chi connectivity index (χ2n) is 8.01. The summed E-state index contributed by atoms with van der Waals surface area (Å²) in [6.45, 7) is 2.99. The molecule has 2 aromatic rings. The normalized spacial score (nSPS) is 31.7. The summed E-state index contributed by atoms with van der Waals surface area (Å²) in [7, 11) is 1.59. The summed E-state index contributed by atoms with van der Waals surface area (Å²) in [6.07, 6.45) is 2.32.